The summed E-state index contributed by atoms with van der Waals surface area (Å²) in [6, 6.07) is 15.6. The number of hydrogen-bond acceptors (Lipinski definition) is 3. The molecule has 0 bridgehead atoms. The molecule has 1 aliphatic heterocycles. The minimum Gasteiger partial charge on any atom is -0.354 e. The predicted molar refractivity (Wildman–Crippen MR) is 140 cm³/mol. The molecule has 0 spiro atoms. The summed E-state index contributed by atoms with van der Waals surface area (Å²) in [7, 11) is 0. The van der Waals surface area contributed by atoms with Gasteiger partial charge in [0.25, 0.3) is 5.91 Å². The van der Waals surface area contributed by atoms with Gasteiger partial charge in [-0.1, -0.05) is 67.4 Å². The first-order chi connectivity index (χ1) is 16.8. The number of amides is 3. The topological polar surface area (TPSA) is 69.7 Å². The van der Waals surface area contributed by atoms with Crippen molar-refractivity contribution < 1.29 is 14.4 Å². The maximum absolute atomic E-state index is 13.8. The number of carbonyl (C=O) groups is 3. The van der Waals surface area contributed by atoms with Crippen LogP contribution in [0.25, 0.3) is 10.8 Å². The molecule has 4 rings (SSSR count). The zero-order chi connectivity index (χ0) is 25.1. The van der Waals surface area contributed by atoms with E-state index in [2.05, 4.69) is 5.32 Å². The second kappa shape index (κ2) is 10.7. The van der Waals surface area contributed by atoms with Gasteiger partial charge in [-0.3, -0.25) is 19.3 Å². The Balaban J connectivity index is 1.66. The van der Waals surface area contributed by atoms with E-state index >= 15 is 0 Å². The summed E-state index contributed by atoms with van der Waals surface area (Å²) in [5.41, 5.74) is 1.94. The van der Waals surface area contributed by atoms with Crippen LogP contribution in [-0.2, 0) is 16.1 Å². The molecule has 0 fully saturated rings. The number of anilines is 1. The fourth-order valence-electron chi connectivity index (χ4n) is 4.48. The lowest BCUT2D eigenvalue weighted by Crippen LogP contribution is -2.52. The summed E-state index contributed by atoms with van der Waals surface area (Å²) in [6.45, 7) is 4.27. The second-order valence-corrected chi connectivity index (χ2v) is 9.39. The molecule has 3 amide bonds. The molecule has 0 radical (unpaired) electrons. The number of carbonyl (C=O) groups excluding carboxylic acids is 3. The normalized spacial score (nSPS) is 13.3. The molecule has 0 saturated carbocycles. The monoisotopic (exact) mass is 511 g/mol. The zero-order valence-electron chi connectivity index (χ0n) is 19.7. The molecule has 0 aromatic heterocycles. The number of rotatable bonds is 9. The Morgan fingerprint density at radius 2 is 1.80 bits per heavy atom. The van der Waals surface area contributed by atoms with Crippen LogP contribution in [0.3, 0.4) is 0 Å². The molecule has 0 aliphatic carbocycles. The third kappa shape index (κ3) is 5.00. The van der Waals surface area contributed by atoms with Crippen molar-refractivity contribution >= 4 is 57.4 Å². The van der Waals surface area contributed by atoms with Crippen LogP contribution in [0.5, 0.6) is 0 Å². The highest BCUT2D eigenvalue weighted by molar-refractivity contribution is 6.35. The summed E-state index contributed by atoms with van der Waals surface area (Å²) in [5, 5.41) is 5.57. The van der Waals surface area contributed by atoms with Gasteiger partial charge in [0.05, 0.1) is 5.69 Å². The number of nitrogens with one attached hydrogen (secondary N) is 1. The minimum absolute atomic E-state index is 0.117. The molecular formula is C27H27Cl2N3O3. The molecule has 35 heavy (non-hydrogen) atoms. The van der Waals surface area contributed by atoms with Gasteiger partial charge in [-0.2, -0.15) is 0 Å². The largest absolute Gasteiger partial charge is 0.354 e. The number of benzene rings is 3. The molecule has 0 saturated heterocycles. The SMILES string of the molecule is CCCNC(=O)[C@@H](CC)N(Cc1ccc(Cl)cc1Cl)C(=O)CN1C(=O)c2cccc3cccc1c23. The third-order valence-electron chi connectivity index (χ3n) is 6.23. The fraction of sp³-hybridized carbons (Fsp3) is 0.296. The summed E-state index contributed by atoms with van der Waals surface area (Å²) >= 11 is 12.5. The quantitative estimate of drug-likeness (QED) is 0.415. The summed E-state index contributed by atoms with van der Waals surface area (Å²) in [4.78, 5) is 43.0. The second-order valence-electron chi connectivity index (χ2n) is 8.54. The lowest BCUT2D eigenvalue weighted by molar-refractivity contribution is -0.140. The molecule has 8 heteroatoms. The van der Waals surface area contributed by atoms with Crippen LogP contribution in [0.4, 0.5) is 5.69 Å². The molecule has 1 N–H and O–H groups in total. The Kier molecular flexibility index (Phi) is 7.63. The average Bonchev–Trinajstić information content (AvgIpc) is 3.11. The summed E-state index contributed by atoms with van der Waals surface area (Å²) < 4.78 is 0. The molecule has 3 aromatic carbocycles. The zero-order valence-corrected chi connectivity index (χ0v) is 21.2. The molecule has 0 unspecified atom stereocenters. The maximum Gasteiger partial charge on any atom is 0.259 e. The first-order valence-corrected chi connectivity index (χ1v) is 12.5. The van der Waals surface area contributed by atoms with E-state index in [1.807, 2.05) is 44.2 Å². The van der Waals surface area contributed by atoms with Crippen molar-refractivity contribution in [3.05, 3.63) is 75.8 Å². The third-order valence-corrected chi connectivity index (χ3v) is 6.82. The van der Waals surface area contributed by atoms with Crippen molar-refractivity contribution in [1.82, 2.24) is 10.2 Å². The van der Waals surface area contributed by atoms with Crippen molar-refractivity contribution in [2.45, 2.75) is 39.3 Å². The highest BCUT2D eigenvalue weighted by Crippen LogP contribution is 2.37. The highest BCUT2D eigenvalue weighted by Gasteiger charge is 2.35. The van der Waals surface area contributed by atoms with Gasteiger partial charge in [0.2, 0.25) is 11.8 Å². The van der Waals surface area contributed by atoms with Crippen LogP contribution in [0, 0.1) is 0 Å². The van der Waals surface area contributed by atoms with Gasteiger partial charge in [0.1, 0.15) is 12.6 Å². The van der Waals surface area contributed by atoms with Crippen LogP contribution in [-0.4, -0.2) is 41.8 Å². The number of nitrogens with zero attached hydrogens (tertiary/aromatic N) is 2. The van der Waals surface area contributed by atoms with E-state index in [0.717, 1.165) is 17.2 Å². The Labute approximate surface area is 214 Å². The van der Waals surface area contributed by atoms with Crippen molar-refractivity contribution in [2.24, 2.45) is 0 Å². The Morgan fingerprint density at radius 3 is 2.49 bits per heavy atom. The van der Waals surface area contributed by atoms with E-state index in [1.54, 1.807) is 24.3 Å². The van der Waals surface area contributed by atoms with Crippen LogP contribution >= 0.6 is 23.2 Å². The van der Waals surface area contributed by atoms with E-state index in [9.17, 15) is 14.4 Å². The summed E-state index contributed by atoms with van der Waals surface area (Å²) in [5.74, 6) is -0.795. The van der Waals surface area contributed by atoms with Gasteiger partial charge < -0.3 is 10.2 Å². The van der Waals surface area contributed by atoms with Gasteiger partial charge in [-0.25, -0.2) is 0 Å². The van der Waals surface area contributed by atoms with Crippen LogP contribution in [0.1, 0.15) is 42.6 Å². The van der Waals surface area contributed by atoms with Crippen LogP contribution in [0.2, 0.25) is 10.0 Å². The molecule has 6 nitrogen and oxygen atoms in total. The molecule has 3 aromatic rings. The molecule has 1 atom stereocenters. The van der Waals surface area contributed by atoms with Crippen molar-refractivity contribution in [3.8, 4) is 0 Å². The lowest BCUT2D eigenvalue weighted by Gasteiger charge is -2.32. The van der Waals surface area contributed by atoms with Gasteiger partial charge in [0.15, 0.2) is 0 Å². The van der Waals surface area contributed by atoms with Crippen molar-refractivity contribution in [3.63, 3.8) is 0 Å². The van der Waals surface area contributed by atoms with Crippen molar-refractivity contribution in [2.75, 3.05) is 18.0 Å². The smallest absolute Gasteiger partial charge is 0.259 e. The molecule has 1 heterocycles. The van der Waals surface area contributed by atoms with Crippen LogP contribution in [0.15, 0.2) is 54.6 Å². The first kappa shape index (κ1) is 25.0. The summed E-state index contributed by atoms with van der Waals surface area (Å²) in [6.07, 6.45) is 1.19. The highest BCUT2D eigenvalue weighted by atomic mass is 35.5. The molecular weight excluding hydrogens is 485 g/mol. The van der Waals surface area contributed by atoms with Gasteiger partial charge in [-0.05, 0) is 48.1 Å². The lowest BCUT2D eigenvalue weighted by atomic mass is 10.1. The van der Waals surface area contributed by atoms with E-state index in [4.69, 9.17) is 23.2 Å². The first-order valence-electron chi connectivity index (χ1n) is 11.7. The Bertz CT molecular complexity index is 1290. The standard InChI is InChI=1S/C27H27Cl2N3O3/c1-3-13-30-26(34)22(4-2)31(15-18-11-12-19(28)14-21(18)29)24(33)16-32-23-10-6-8-17-7-5-9-20(25(17)23)27(32)35/h5-12,14,22H,3-4,13,15-16H2,1-2H3,(H,30,34)/t22-/m1/s1. The minimum atomic E-state index is -0.711. The number of hydrogen-bond donors (Lipinski definition) is 1. The number of halogens is 2. The van der Waals surface area contributed by atoms with Crippen molar-refractivity contribution in [1.29, 1.82) is 0 Å². The fourth-order valence-corrected chi connectivity index (χ4v) is 4.95. The van der Waals surface area contributed by atoms with Gasteiger partial charge >= 0.3 is 0 Å². The van der Waals surface area contributed by atoms with E-state index in [-0.39, 0.29) is 30.8 Å². The van der Waals surface area contributed by atoms with E-state index < -0.39 is 6.04 Å². The maximum atomic E-state index is 13.8. The van der Waals surface area contributed by atoms with E-state index in [0.29, 0.717) is 39.8 Å². The molecule has 182 valence electrons. The van der Waals surface area contributed by atoms with Gasteiger partial charge in [0, 0.05) is 34.1 Å². The van der Waals surface area contributed by atoms with E-state index in [1.165, 1.54) is 9.80 Å². The Hall–Kier alpha value is -3.09. The molecule has 1 aliphatic rings. The van der Waals surface area contributed by atoms with Crippen LogP contribution < -0.4 is 10.2 Å². The Morgan fingerprint density at radius 1 is 1.06 bits per heavy atom. The van der Waals surface area contributed by atoms with Gasteiger partial charge in [-0.15, -0.1) is 0 Å². The predicted octanol–water partition coefficient (Wildman–Crippen LogP) is 5.44. The average molecular weight is 512 g/mol.